The van der Waals surface area contributed by atoms with Gasteiger partial charge >= 0.3 is 4.87 Å². The molecule has 4 aliphatic rings. The molecule has 2 aliphatic heterocycles. The van der Waals surface area contributed by atoms with Crippen molar-refractivity contribution in [3.05, 3.63) is 49.4 Å². The third-order valence-corrected chi connectivity index (χ3v) is 9.57. The van der Waals surface area contributed by atoms with Crippen LogP contribution < -0.4 is 10.2 Å². The van der Waals surface area contributed by atoms with Crippen molar-refractivity contribution in [1.29, 1.82) is 0 Å². The summed E-state index contributed by atoms with van der Waals surface area (Å²) in [6.07, 6.45) is 2.94. The second kappa shape index (κ2) is 7.33. The molecule has 7 nitrogen and oxygen atoms in total. The van der Waals surface area contributed by atoms with E-state index in [2.05, 4.69) is 16.4 Å². The summed E-state index contributed by atoms with van der Waals surface area (Å²) in [5.74, 6) is -1.12. The predicted octanol–water partition coefficient (Wildman–Crippen LogP) is 3.23. The number of anilines is 1. The molecule has 3 heterocycles. The van der Waals surface area contributed by atoms with Gasteiger partial charge in [0, 0.05) is 28.9 Å². The number of likely N-dealkylation sites (tertiary alicyclic amines) is 1. The van der Waals surface area contributed by atoms with Gasteiger partial charge in [0.2, 0.25) is 17.7 Å². The summed E-state index contributed by atoms with van der Waals surface area (Å²) in [7, 11) is 0. The molecule has 10 heteroatoms. The maximum Gasteiger partial charge on any atom is 0.305 e. The van der Waals surface area contributed by atoms with Crippen molar-refractivity contribution in [2.75, 3.05) is 11.9 Å². The monoisotopic (exact) mass is 487 g/mol. The van der Waals surface area contributed by atoms with Crippen molar-refractivity contribution >= 4 is 64.2 Å². The number of fused-ring (bicyclic) bond motifs is 9. The number of hydrogen-bond donors (Lipinski definition) is 2. The minimum atomic E-state index is -0.341. The van der Waals surface area contributed by atoms with Crippen molar-refractivity contribution in [2.24, 2.45) is 23.7 Å². The average molecular weight is 488 g/mol. The molecule has 32 heavy (non-hydrogen) atoms. The van der Waals surface area contributed by atoms with Crippen molar-refractivity contribution in [3.63, 3.8) is 0 Å². The number of H-pyrrole nitrogens is 1. The Morgan fingerprint density at radius 3 is 2.69 bits per heavy atom. The van der Waals surface area contributed by atoms with Crippen LogP contribution in [-0.2, 0) is 14.4 Å². The zero-order valence-electron chi connectivity index (χ0n) is 16.7. The standard InChI is InChI=1S/C22H18ClN3O4S2/c23-9-1-3-10(4-2-9)24-15(27)5-6-26-20(28)16-11-7-13(17(16)21(26)29)18-12(11)8-14-19(32-18)25-22(30)31-14/h1-4,8,11,13,16-18H,5-7H2,(H,24,27)(H,25,30)/t11-,13+,16+,17-,18-/m0/s1. The molecule has 5 atom stereocenters. The van der Waals surface area contributed by atoms with E-state index in [1.807, 2.05) is 0 Å². The summed E-state index contributed by atoms with van der Waals surface area (Å²) in [4.78, 5) is 55.5. The van der Waals surface area contributed by atoms with Gasteiger partial charge < -0.3 is 10.3 Å². The maximum atomic E-state index is 13.2. The maximum absolute atomic E-state index is 13.2. The van der Waals surface area contributed by atoms with Gasteiger partial charge in [-0.05, 0) is 48.6 Å². The van der Waals surface area contributed by atoms with Gasteiger partial charge in [-0.2, -0.15) is 0 Å². The summed E-state index contributed by atoms with van der Waals surface area (Å²) < 4.78 is 0. The molecule has 2 saturated carbocycles. The lowest BCUT2D eigenvalue weighted by atomic mass is 9.77. The largest absolute Gasteiger partial charge is 0.326 e. The molecule has 2 bridgehead atoms. The number of thioether (sulfide) groups is 1. The quantitative estimate of drug-likeness (QED) is 0.645. The highest BCUT2D eigenvalue weighted by Crippen LogP contribution is 2.64. The Hall–Kier alpha value is -2.36. The zero-order chi connectivity index (χ0) is 22.1. The third-order valence-electron chi connectivity index (χ3n) is 6.93. The summed E-state index contributed by atoms with van der Waals surface area (Å²) >= 11 is 8.66. The third kappa shape index (κ3) is 3.02. The van der Waals surface area contributed by atoms with Crippen LogP contribution in [0, 0.1) is 23.7 Å². The molecule has 2 aromatic rings. The highest BCUT2D eigenvalue weighted by molar-refractivity contribution is 8.00. The second-order valence-electron chi connectivity index (χ2n) is 8.58. The van der Waals surface area contributed by atoms with Gasteiger partial charge in [0.15, 0.2) is 0 Å². The number of imide groups is 1. The molecule has 6 rings (SSSR count). The second-order valence-corrected chi connectivity index (χ2v) is 11.2. The van der Waals surface area contributed by atoms with Gasteiger partial charge in [-0.15, -0.1) is 0 Å². The first-order valence-corrected chi connectivity index (χ1v) is 12.5. The van der Waals surface area contributed by atoms with E-state index in [4.69, 9.17) is 11.6 Å². The Kier molecular flexibility index (Phi) is 4.64. The highest BCUT2D eigenvalue weighted by Gasteiger charge is 2.66. The van der Waals surface area contributed by atoms with Gasteiger partial charge in [0.05, 0.1) is 21.7 Å². The number of halogens is 1. The molecule has 3 amide bonds. The van der Waals surface area contributed by atoms with Crippen LogP contribution in [0.3, 0.4) is 0 Å². The fourth-order valence-corrected chi connectivity index (χ4v) is 8.24. The summed E-state index contributed by atoms with van der Waals surface area (Å²) in [6.45, 7) is 0.0844. The van der Waals surface area contributed by atoms with Gasteiger partial charge in [-0.3, -0.25) is 24.1 Å². The number of rotatable bonds is 4. The van der Waals surface area contributed by atoms with Gasteiger partial charge in [-0.1, -0.05) is 40.3 Å². The molecular weight excluding hydrogens is 470 g/mol. The molecule has 1 aromatic heterocycles. The molecule has 1 saturated heterocycles. The van der Waals surface area contributed by atoms with E-state index in [0.29, 0.717) is 10.7 Å². The smallest absolute Gasteiger partial charge is 0.305 e. The average Bonchev–Trinajstić information content (AvgIpc) is 3.47. The summed E-state index contributed by atoms with van der Waals surface area (Å²) in [5, 5.41) is 4.34. The molecule has 0 spiro atoms. The van der Waals surface area contributed by atoms with E-state index in [1.54, 1.807) is 36.0 Å². The number of aromatic nitrogens is 1. The van der Waals surface area contributed by atoms with Crippen LogP contribution in [0.5, 0.6) is 0 Å². The molecule has 3 fully saturated rings. The van der Waals surface area contributed by atoms with Crippen LogP contribution in [0.1, 0.15) is 17.7 Å². The molecule has 2 aliphatic carbocycles. The Morgan fingerprint density at radius 1 is 1.16 bits per heavy atom. The number of thiazole rings is 1. The van der Waals surface area contributed by atoms with E-state index >= 15 is 0 Å². The van der Waals surface area contributed by atoms with Crippen LogP contribution in [0.2, 0.25) is 5.02 Å². The van der Waals surface area contributed by atoms with E-state index < -0.39 is 0 Å². The number of aromatic amines is 1. The minimum absolute atomic E-state index is 0.0391. The first-order valence-electron chi connectivity index (χ1n) is 10.4. The first kappa shape index (κ1) is 20.3. The summed E-state index contributed by atoms with van der Waals surface area (Å²) in [5.41, 5.74) is 1.81. The molecule has 2 N–H and O–H groups in total. The molecule has 0 radical (unpaired) electrons. The molecular formula is C22H18ClN3O4S2. The topological polar surface area (TPSA) is 99.3 Å². The Morgan fingerprint density at radius 2 is 1.91 bits per heavy atom. The number of amides is 3. The van der Waals surface area contributed by atoms with E-state index in [0.717, 1.165) is 16.3 Å². The molecule has 1 aromatic carbocycles. The van der Waals surface area contributed by atoms with E-state index in [1.165, 1.54) is 21.8 Å². The normalized spacial score (nSPS) is 29.6. The fourth-order valence-electron chi connectivity index (χ4n) is 5.67. The number of benzene rings is 1. The number of nitrogens with one attached hydrogen (secondary N) is 2. The number of carbonyl (C=O) groups is 3. The lowest BCUT2D eigenvalue weighted by Gasteiger charge is -2.32. The summed E-state index contributed by atoms with van der Waals surface area (Å²) in [6, 6.07) is 6.77. The molecule has 164 valence electrons. The van der Waals surface area contributed by atoms with Gasteiger partial charge in [-0.25, -0.2) is 0 Å². The van der Waals surface area contributed by atoms with Crippen LogP contribution >= 0.6 is 34.7 Å². The van der Waals surface area contributed by atoms with Crippen molar-refractivity contribution < 1.29 is 14.4 Å². The van der Waals surface area contributed by atoms with Crippen LogP contribution in [0.15, 0.2) is 39.7 Å². The lowest BCUT2D eigenvalue weighted by molar-refractivity contribution is -0.140. The predicted molar refractivity (Wildman–Crippen MR) is 123 cm³/mol. The zero-order valence-corrected chi connectivity index (χ0v) is 19.1. The number of carbonyl (C=O) groups excluding carboxylic acids is 3. The van der Waals surface area contributed by atoms with Gasteiger partial charge in [0.25, 0.3) is 0 Å². The van der Waals surface area contributed by atoms with Crippen LogP contribution in [0.4, 0.5) is 5.69 Å². The van der Waals surface area contributed by atoms with Crippen LogP contribution in [0.25, 0.3) is 6.08 Å². The molecule has 0 unspecified atom stereocenters. The Labute approximate surface area is 196 Å². The van der Waals surface area contributed by atoms with Crippen molar-refractivity contribution in [2.45, 2.75) is 23.1 Å². The van der Waals surface area contributed by atoms with E-state index in [9.17, 15) is 19.2 Å². The van der Waals surface area contributed by atoms with E-state index in [-0.39, 0.29) is 64.5 Å². The van der Waals surface area contributed by atoms with Crippen LogP contribution in [-0.4, -0.2) is 39.4 Å². The number of nitrogens with zero attached hydrogens (tertiary/aromatic N) is 1. The Bertz CT molecular complexity index is 1250. The van der Waals surface area contributed by atoms with Crippen molar-refractivity contribution in [3.8, 4) is 0 Å². The lowest BCUT2D eigenvalue weighted by Crippen LogP contribution is -2.35. The highest BCUT2D eigenvalue weighted by atomic mass is 35.5. The first-order chi connectivity index (χ1) is 15.4. The number of hydrogen-bond acceptors (Lipinski definition) is 6. The van der Waals surface area contributed by atoms with Gasteiger partial charge in [0.1, 0.15) is 0 Å². The van der Waals surface area contributed by atoms with Crippen molar-refractivity contribution in [1.82, 2.24) is 9.88 Å². The fraction of sp³-hybridized carbons (Fsp3) is 0.364. The Balaban J connectivity index is 1.17. The minimum Gasteiger partial charge on any atom is -0.326 e. The SMILES string of the molecule is O=C(CCN1C(=O)[C@H]2[C@H]3C[C@@H](C4=Cc5sc(=O)[nH]c5S[C@@H]43)[C@H]2C1=O)Nc1ccc(Cl)cc1.